The van der Waals surface area contributed by atoms with E-state index in [9.17, 15) is 9.59 Å². The number of hydrogen-bond donors (Lipinski definition) is 0. The molecule has 0 N–H and O–H groups in total. The molecule has 0 amide bonds. The van der Waals surface area contributed by atoms with E-state index in [1.807, 2.05) is 0 Å². The number of ketones is 2. The van der Waals surface area contributed by atoms with Crippen molar-refractivity contribution >= 4 is 11.6 Å². The Morgan fingerprint density at radius 3 is 2.08 bits per heavy atom. The van der Waals surface area contributed by atoms with E-state index in [0.29, 0.717) is 12.8 Å². The van der Waals surface area contributed by atoms with Gasteiger partial charge >= 0.3 is 0 Å². The van der Waals surface area contributed by atoms with Crippen molar-refractivity contribution in [2.24, 2.45) is 0 Å². The first kappa shape index (κ1) is 12.1. The summed E-state index contributed by atoms with van der Waals surface area (Å²) in [6.07, 6.45) is 6.60. The Bertz CT molecular complexity index is 183. The lowest BCUT2D eigenvalue weighted by Gasteiger charge is -1.97. The fraction of sp³-hybridized carbons (Fsp3) is 0.636. The van der Waals surface area contributed by atoms with Crippen LogP contribution in [0.4, 0.5) is 0 Å². The molecule has 0 aromatic carbocycles. The van der Waals surface area contributed by atoms with Gasteiger partial charge in [0.25, 0.3) is 0 Å². The summed E-state index contributed by atoms with van der Waals surface area (Å²) in [5.74, 6) is 0.369. The molecule has 0 fully saturated rings. The van der Waals surface area contributed by atoms with Crippen molar-refractivity contribution in [1.82, 2.24) is 0 Å². The van der Waals surface area contributed by atoms with Crippen molar-refractivity contribution in [3.8, 4) is 0 Å². The van der Waals surface area contributed by atoms with Gasteiger partial charge < -0.3 is 4.79 Å². The van der Waals surface area contributed by atoms with Gasteiger partial charge in [-0.25, -0.2) is 0 Å². The molecule has 74 valence electrons. The summed E-state index contributed by atoms with van der Waals surface area (Å²) in [7, 11) is 0. The minimum absolute atomic E-state index is 0.117. The highest BCUT2D eigenvalue weighted by atomic mass is 16.1. The molecule has 0 saturated carbocycles. The lowest BCUT2D eigenvalue weighted by Crippen LogP contribution is -1.92. The zero-order chi connectivity index (χ0) is 10.1. The predicted molar refractivity (Wildman–Crippen MR) is 53.6 cm³/mol. The zero-order valence-corrected chi connectivity index (χ0v) is 8.34. The minimum Gasteiger partial charge on any atom is -0.300 e. The Hall–Kier alpha value is -0.920. The summed E-state index contributed by atoms with van der Waals surface area (Å²) in [4.78, 5) is 21.3. The molecule has 0 aliphatic heterocycles. The van der Waals surface area contributed by atoms with Crippen molar-refractivity contribution < 1.29 is 9.59 Å². The van der Waals surface area contributed by atoms with Gasteiger partial charge in [-0.15, -0.1) is 0 Å². The molecule has 0 unspecified atom stereocenters. The Morgan fingerprint density at radius 2 is 1.62 bits per heavy atom. The first-order valence-corrected chi connectivity index (χ1v) is 4.81. The molecule has 0 spiro atoms. The van der Waals surface area contributed by atoms with Crippen molar-refractivity contribution in [3.63, 3.8) is 0 Å². The Kier molecular flexibility index (Phi) is 7.17. The molecule has 0 saturated heterocycles. The van der Waals surface area contributed by atoms with Crippen LogP contribution in [0.2, 0.25) is 0 Å². The van der Waals surface area contributed by atoms with Crippen molar-refractivity contribution in [1.29, 1.82) is 0 Å². The second-order valence-corrected chi connectivity index (χ2v) is 3.29. The van der Waals surface area contributed by atoms with Crippen LogP contribution in [-0.4, -0.2) is 11.6 Å². The molecule has 0 aliphatic rings. The van der Waals surface area contributed by atoms with Crippen LogP contribution in [0.5, 0.6) is 0 Å². The van der Waals surface area contributed by atoms with Crippen LogP contribution in [0.25, 0.3) is 0 Å². The summed E-state index contributed by atoms with van der Waals surface area (Å²) in [6, 6.07) is 0. The highest BCUT2D eigenvalue weighted by Gasteiger charge is 1.96. The van der Waals surface area contributed by atoms with Crippen LogP contribution in [0.3, 0.4) is 0 Å². The number of allylic oxidation sites excluding steroid dienone is 1. The second kappa shape index (κ2) is 7.71. The van der Waals surface area contributed by atoms with E-state index >= 15 is 0 Å². The molecule has 0 radical (unpaired) electrons. The smallest absolute Gasteiger partial charge is 0.155 e. The molecule has 0 rings (SSSR count). The Balaban J connectivity index is 3.12. The van der Waals surface area contributed by atoms with Gasteiger partial charge in [0.15, 0.2) is 5.78 Å². The van der Waals surface area contributed by atoms with Crippen molar-refractivity contribution in [2.75, 3.05) is 0 Å². The number of hydrogen-bond acceptors (Lipinski definition) is 2. The average molecular weight is 182 g/mol. The number of carbonyl (C=O) groups is 2. The predicted octanol–water partition coefficient (Wildman–Crippen LogP) is 2.67. The van der Waals surface area contributed by atoms with E-state index in [1.54, 1.807) is 6.92 Å². The van der Waals surface area contributed by atoms with Gasteiger partial charge in [-0.3, -0.25) is 4.79 Å². The maximum Gasteiger partial charge on any atom is 0.155 e. The third-order valence-corrected chi connectivity index (χ3v) is 1.93. The largest absolute Gasteiger partial charge is 0.300 e. The van der Waals surface area contributed by atoms with Gasteiger partial charge in [-0.2, -0.15) is 0 Å². The Morgan fingerprint density at radius 1 is 1.08 bits per heavy atom. The molecular formula is C11H18O2. The number of rotatable bonds is 8. The van der Waals surface area contributed by atoms with E-state index in [0.717, 1.165) is 25.7 Å². The van der Waals surface area contributed by atoms with Crippen LogP contribution in [0, 0.1) is 0 Å². The third-order valence-electron chi connectivity index (χ3n) is 1.93. The van der Waals surface area contributed by atoms with Gasteiger partial charge in [0.05, 0.1) is 0 Å². The lowest BCUT2D eigenvalue weighted by molar-refractivity contribution is -0.117. The van der Waals surface area contributed by atoms with Crippen molar-refractivity contribution in [3.05, 3.63) is 12.7 Å². The number of Topliss-reactive ketones (excluding diaryl/α,β-unsaturated/α-hetero) is 1. The maximum atomic E-state index is 10.8. The fourth-order valence-corrected chi connectivity index (χ4v) is 1.13. The van der Waals surface area contributed by atoms with Gasteiger partial charge in [-0.05, 0) is 25.8 Å². The number of unbranched alkanes of at least 4 members (excludes halogenated alkanes) is 3. The average Bonchev–Trinajstić information content (AvgIpc) is 2.10. The van der Waals surface area contributed by atoms with Gasteiger partial charge in [0.1, 0.15) is 5.78 Å². The first-order chi connectivity index (χ1) is 6.16. The SMILES string of the molecule is C=CC(=O)CCCCCCC(C)=O. The molecule has 2 heteroatoms. The molecule has 0 aromatic heterocycles. The van der Waals surface area contributed by atoms with E-state index < -0.39 is 0 Å². The van der Waals surface area contributed by atoms with Crippen molar-refractivity contribution in [2.45, 2.75) is 45.4 Å². The second-order valence-electron chi connectivity index (χ2n) is 3.29. The van der Waals surface area contributed by atoms with Gasteiger partial charge in [-0.1, -0.05) is 19.4 Å². The summed E-state index contributed by atoms with van der Waals surface area (Å²) in [5, 5.41) is 0. The number of carbonyl (C=O) groups excluding carboxylic acids is 2. The zero-order valence-electron chi connectivity index (χ0n) is 8.34. The molecule has 0 atom stereocenters. The van der Waals surface area contributed by atoms with Gasteiger partial charge in [0, 0.05) is 12.8 Å². The van der Waals surface area contributed by atoms with Crippen LogP contribution in [0.15, 0.2) is 12.7 Å². The molecule has 0 aliphatic carbocycles. The molecule has 0 bridgehead atoms. The van der Waals surface area contributed by atoms with Crippen LogP contribution >= 0.6 is 0 Å². The first-order valence-electron chi connectivity index (χ1n) is 4.81. The summed E-state index contributed by atoms with van der Waals surface area (Å²) < 4.78 is 0. The highest BCUT2D eigenvalue weighted by molar-refractivity contribution is 5.88. The van der Waals surface area contributed by atoms with Crippen LogP contribution in [0.1, 0.15) is 45.4 Å². The normalized spacial score (nSPS) is 9.62. The molecule has 13 heavy (non-hydrogen) atoms. The van der Waals surface area contributed by atoms with E-state index in [-0.39, 0.29) is 11.6 Å². The Labute approximate surface area is 80.0 Å². The van der Waals surface area contributed by atoms with E-state index in [4.69, 9.17) is 0 Å². The summed E-state index contributed by atoms with van der Waals surface area (Å²) in [5.41, 5.74) is 0. The topological polar surface area (TPSA) is 34.1 Å². The van der Waals surface area contributed by atoms with E-state index in [1.165, 1.54) is 6.08 Å². The third kappa shape index (κ3) is 8.99. The minimum atomic E-state index is 0.117. The molecule has 2 nitrogen and oxygen atoms in total. The molecule has 0 aromatic rings. The quantitative estimate of drug-likeness (QED) is 0.427. The maximum absolute atomic E-state index is 10.8. The molecular weight excluding hydrogens is 164 g/mol. The monoisotopic (exact) mass is 182 g/mol. The fourth-order valence-electron chi connectivity index (χ4n) is 1.13. The van der Waals surface area contributed by atoms with Crippen LogP contribution in [-0.2, 0) is 9.59 Å². The van der Waals surface area contributed by atoms with Gasteiger partial charge in [0.2, 0.25) is 0 Å². The summed E-state index contributed by atoms with van der Waals surface area (Å²) >= 11 is 0. The standard InChI is InChI=1S/C11H18O2/c1-3-11(13)9-7-5-4-6-8-10(2)12/h3H,1,4-9H2,2H3. The molecule has 0 heterocycles. The van der Waals surface area contributed by atoms with Crippen LogP contribution < -0.4 is 0 Å². The highest BCUT2D eigenvalue weighted by Crippen LogP contribution is 2.06. The van der Waals surface area contributed by atoms with E-state index in [2.05, 4.69) is 6.58 Å². The summed E-state index contributed by atoms with van der Waals surface area (Å²) in [6.45, 7) is 5.02. The lowest BCUT2D eigenvalue weighted by atomic mass is 10.1.